The van der Waals surface area contributed by atoms with Crippen molar-refractivity contribution in [3.05, 3.63) is 0 Å². The van der Waals surface area contributed by atoms with Crippen molar-refractivity contribution in [1.29, 1.82) is 0 Å². The second kappa shape index (κ2) is 5.29. The number of Topliss-reactive ketones (excluding diaryl/α,β-unsaturated/α-hetero) is 1. The minimum atomic E-state index is -0.749. The molecule has 0 aromatic rings. The highest BCUT2D eigenvalue weighted by atomic mass is 32.2. The lowest BCUT2D eigenvalue weighted by atomic mass is 9.91. The van der Waals surface area contributed by atoms with E-state index >= 15 is 0 Å². The van der Waals surface area contributed by atoms with Crippen LogP contribution in [0, 0.1) is 5.92 Å². The maximum atomic E-state index is 12.3. The van der Waals surface area contributed by atoms with Crippen molar-refractivity contribution >= 4 is 17.5 Å². The molecule has 2 unspecified atom stereocenters. The van der Waals surface area contributed by atoms with Crippen molar-refractivity contribution in [3.63, 3.8) is 0 Å². The number of ether oxygens (including phenoxy) is 2. The molecule has 2 aliphatic heterocycles. The first-order valence-corrected chi connectivity index (χ1v) is 7.29. The van der Waals surface area contributed by atoms with Gasteiger partial charge in [0.25, 0.3) is 0 Å². The Balaban J connectivity index is 1.92. The molecule has 0 N–H and O–H groups in total. The molecule has 2 bridgehead atoms. The van der Waals surface area contributed by atoms with Crippen molar-refractivity contribution in [3.8, 4) is 0 Å². The van der Waals surface area contributed by atoms with Crippen LogP contribution < -0.4 is 0 Å². The van der Waals surface area contributed by atoms with Gasteiger partial charge in [-0.1, -0.05) is 0 Å². The molecule has 2 heterocycles. The molecule has 4 heteroatoms. The predicted octanol–water partition coefficient (Wildman–Crippen LogP) is 2.63. The van der Waals surface area contributed by atoms with E-state index in [0.29, 0.717) is 12.2 Å². The Morgan fingerprint density at radius 1 is 1.24 bits per heavy atom. The number of ketones is 1. The summed E-state index contributed by atoms with van der Waals surface area (Å²) in [6.45, 7) is 1.83. The summed E-state index contributed by atoms with van der Waals surface area (Å²) in [7, 11) is 3.19. The van der Waals surface area contributed by atoms with E-state index in [1.54, 1.807) is 14.2 Å². The van der Waals surface area contributed by atoms with Crippen molar-refractivity contribution in [2.24, 2.45) is 5.92 Å². The Morgan fingerprint density at radius 3 is 2.24 bits per heavy atom. The van der Waals surface area contributed by atoms with Crippen LogP contribution in [0.4, 0.5) is 0 Å². The van der Waals surface area contributed by atoms with Crippen molar-refractivity contribution in [2.45, 2.75) is 55.3 Å². The summed E-state index contributed by atoms with van der Waals surface area (Å²) in [5.41, 5.74) is 0. The Labute approximate surface area is 108 Å². The largest absolute Gasteiger partial charge is 0.353 e. The lowest BCUT2D eigenvalue weighted by Gasteiger charge is -2.30. The van der Waals surface area contributed by atoms with Gasteiger partial charge in [-0.15, -0.1) is 0 Å². The van der Waals surface area contributed by atoms with Crippen LogP contribution in [0.2, 0.25) is 0 Å². The van der Waals surface area contributed by atoms with E-state index in [0.717, 1.165) is 23.3 Å². The van der Waals surface area contributed by atoms with E-state index in [4.69, 9.17) is 9.47 Å². The van der Waals surface area contributed by atoms with Gasteiger partial charge in [-0.25, -0.2) is 0 Å². The molecule has 3 nitrogen and oxygen atoms in total. The van der Waals surface area contributed by atoms with Crippen LogP contribution in [0.1, 0.15) is 39.0 Å². The van der Waals surface area contributed by atoms with Gasteiger partial charge in [0.15, 0.2) is 5.79 Å². The lowest BCUT2D eigenvalue weighted by molar-refractivity contribution is -0.198. The number of carbonyl (C=O) groups excluding carboxylic acids is 1. The Kier molecular flexibility index (Phi) is 4.16. The van der Waals surface area contributed by atoms with Crippen LogP contribution in [0.3, 0.4) is 0 Å². The van der Waals surface area contributed by atoms with Gasteiger partial charge in [-0.2, -0.15) is 11.8 Å². The number of rotatable bonds is 5. The summed E-state index contributed by atoms with van der Waals surface area (Å²) in [5.74, 6) is -0.201. The number of thioether (sulfide) groups is 1. The highest BCUT2D eigenvalue weighted by Gasteiger charge is 2.39. The number of hydrogen-bond donors (Lipinski definition) is 0. The fourth-order valence-corrected chi connectivity index (χ4v) is 4.58. The summed E-state index contributed by atoms with van der Waals surface area (Å²) in [5, 5.41) is 1.44. The lowest BCUT2D eigenvalue weighted by Crippen LogP contribution is -2.36. The predicted molar refractivity (Wildman–Crippen MR) is 69.2 cm³/mol. The number of methoxy groups -OCH3 is 2. The minimum Gasteiger partial charge on any atom is -0.353 e. The number of hydrogen-bond acceptors (Lipinski definition) is 4. The fraction of sp³-hybridized carbons (Fsp3) is 0.923. The van der Waals surface area contributed by atoms with E-state index in [-0.39, 0.29) is 5.92 Å². The molecule has 2 fully saturated rings. The Bertz CT molecular complexity index is 276. The first-order chi connectivity index (χ1) is 8.06. The van der Waals surface area contributed by atoms with E-state index < -0.39 is 5.79 Å². The molecule has 2 aliphatic rings. The van der Waals surface area contributed by atoms with Crippen LogP contribution in [-0.2, 0) is 14.3 Å². The third kappa shape index (κ3) is 3.04. The maximum absolute atomic E-state index is 12.3. The molecule has 0 saturated carbocycles. The van der Waals surface area contributed by atoms with Crippen LogP contribution in [0.5, 0.6) is 0 Å². The molecule has 0 aromatic carbocycles. The summed E-state index contributed by atoms with van der Waals surface area (Å²) >= 11 is 2.09. The molecule has 0 spiro atoms. The van der Waals surface area contributed by atoms with Gasteiger partial charge in [0.1, 0.15) is 5.78 Å². The van der Waals surface area contributed by atoms with E-state index in [1.165, 1.54) is 12.8 Å². The zero-order chi connectivity index (χ0) is 12.5. The Morgan fingerprint density at radius 2 is 1.76 bits per heavy atom. The molecule has 2 saturated heterocycles. The number of carbonyl (C=O) groups is 1. The molecular formula is C13H22O3S. The monoisotopic (exact) mass is 258 g/mol. The fourth-order valence-electron chi connectivity index (χ4n) is 2.81. The standard InChI is InChI=1S/C13H22O3S/c1-13(15-2,16-3)8-12(14)9-6-10-4-5-11(7-9)17-10/h9-11H,4-8H2,1-3H3. The summed E-state index contributed by atoms with van der Waals surface area (Å²) < 4.78 is 10.5. The molecule has 2 atom stereocenters. The highest BCUT2D eigenvalue weighted by molar-refractivity contribution is 8.00. The van der Waals surface area contributed by atoms with Gasteiger partial charge in [-0.05, 0) is 32.6 Å². The van der Waals surface area contributed by atoms with Gasteiger partial charge in [0.05, 0.1) is 6.42 Å². The van der Waals surface area contributed by atoms with Gasteiger partial charge < -0.3 is 9.47 Å². The molecule has 0 radical (unpaired) electrons. The van der Waals surface area contributed by atoms with E-state index in [2.05, 4.69) is 11.8 Å². The van der Waals surface area contributed by atoms with Crippen molar-refractivity contribution in [2.75, 3.05) is 14.2 Å². The average Bonchev–Trinajstić information content (AvgIpc) is 2.68. The molecular weight excluding hydrogens is 236 g/mol. The van der Waals surface area contributed by atoms with Gasteiger partial charge in [0, 0.05) is 30.6 Å². The van der Waals surface area contributed by atoms with Crippen molar-refractivity contribution in [1.82, 2.24) is 0 Å². The average molecular weight is 258 g/mol. The van der Waals surface area contributed by atoms with E-state index in [1.807, 2.05) is 6.92 Å². The molecule has 0 aliphatic carbocycles. The van der Waals surface area contributed by atoms with E-state index in [9.17, 15) is 4.79 Å². The molecule has 0 amide bonds. The van der Waals surface area contributed by atoms with Crippen LogP contribution >= 0.6 is 11.8 Å². The zero-order valence-corrected chi connectivity index (χ0v) is 11.7. The summed E-state index contributed by atoms with van der Waals surface area (Å²) in [4.78, 5) is 12.3. The summed E-state index contributed by atoms with van der Waals surface area (Å²) in [6, 6.07) is 0. The molecule has 0 aromatic heterocycles. The smallest absolute Gasteiger partial charge is 0.171 e. The van der Waals surface area contributed by atoms with Crippen molar-refractivity contribution < 1.29 is 14.3 Å². The van der Waals surface area contributed by atoms with Gasteiger partial charge in [0.2, 0.25) is 0 Å². The SMILES string of the molecule is COC(C)(CC(=O)C1CC2CCC(C1)S2)OC. The van der Waals surface area contributed by atoms with Crippen LogP contribution in [0.15, 0.2) is 0 Å². The normalized spacial score (nSPS) is 32.8. The third-order valence-electron chi connectivity index (χ3n) is 4.10. The Hall–Kier alpha value is -0.0600. The topological polar surface area (TPSA) is 35.5 Å². The van der Waals surface area contributed by atoms with Gasteiger partial charge >= 0.3 is 0 Å². The minimum absolute atomic E-state index is 0.235. The van der Waals surface area contributed by atoms with Crippen LogP contribution in [-0.4, -0.2) is 36.3 Å². The number of fused-ring (bicyclic) bond motifs is 2. The third-order valence-corrected chi connectivity index (χ3v) is 5.73. The molecule has 17 heavy (non-hydrogen) atoms. The maximum Gasteiger partial charge on any atom is 0.171 e. The first kappa shape index (κ1) is 13.4. The second-order valence-electron chi connectivity index (χ2n) is 5.31. The molecule has 2 rings (SSSR count). The highest BCUT2D eigenvalue weighted by Crippen LogP contribution is 2.46. The second-order valence-corrected chi connectivity index (χ2v) is 6.92. The quantitative estimate of drug-likeness (QED) is 0.710. The van der Waals surface area contributed by atoms with Gasteiger partial charge in [-0.3, -0.25) is 4.79 Å². The molecule has 98 valence electrons. The first-order valence-electron chi connectivity index (χ1n) is 6.35. The van der Waals surface area contributed by atoms with Crippen LogP contribution in [0.25, 0.3) is 0 Å². The summed E-state index contributed by atoms with van der Waals surface area (Å²) in [6.07, 6.45) is 5.08. The zero-order valence-electron chi connectivity index (χ0n) is 10.9.